The Labute approximate surface area is 163 Å². The average Bonchev–Trinajstić information content (AvgIpc) is 3.32. The maximum Gasteiger partial charge on any atom is 0.273 e. The first-order valence-electron chi connectivity index (χ1n) is 9.50. The Morgan fingerprint density at radius 3 is 2.57 bits per heavy atom. The predicted octanol–water partition coefficient (Wildman–Crippen LogP) is 2.68. The van der Waals surface area contributed by atoms with Gasteiger partial charge in [0.1, 0.15) is 0 Å². The van der Waals surface area contributed by atoms with E-state index in [1.165, 1.54) is 0 Å². The van der Waals surface area contributed by atoms with Gasteiger partial charge < -0.3 is 19.2 Å². The third-order valence-corrected chi connectivity index (χ3v) is 5.49. The molecule has 1 aliphatic carbocycles. The number of carbonyl (C=O) groups is 1. The number of amides is 1. The van der Waals surface area contributed by atoms with Crippen molar-refractivity contribution in [3.8, 4) is 11.3 Å². The number of likely N-dealkylation sites (tertiary alicyclic amines) is 1. The van der Waals surface area contributed by atoms with Crippen LogP contribution in [-0.2, 0) is 0 Å². The van der Waals surface area contributed by atoms with Crippen molar-refractivity contribution < 1.29 is 15.2 Å². The van der Waals surface area contributed by atoms with E-state index >= 15 is 0 Å². The fraction of sp³-hybridized carbons (Fsp3) is 0.400. The Balaban J connectivity index is 0.00000205. The van der Waals surface area contributed by atoms with E-state index in [4.69, 9.17) is 8.94 Å². The first-order valence-corrected chi connectivity index (χ1v) is 9.50. The lowest BCUT2D eigenvalue weighted by Gasteiger charge is -2.34. The number of likely N-dealkylation sites (N-methyl/N-ethyl adjacent to an activating group) is 1. The summed E-state index contributed by atoms with van der Waals surface area (Å²) in [5, 5.41) is 15.3. The number of hydrogen-bond acceptors (Lipinski definition) is 7. The summed E-state index contributed by atoms with van der Waals surface area (Å²) in [5.74, 6) is 2.34. The van der Waals surface area contributed by atoms with Crippen molar-refractivity contribution in [2.24, 2.45) is 0 Å². The molecular weight excluding hydrogens is 358 g/mol. The molecule has 2 aromatic heterocycles. The number of aromatic nitrogens is 3. The van der Waals surface area contributed by atoms with E-state index in [2.05, 4.69) is 32.6 Å². The molecule has 5 rings (SSSR count). The second-order valence-corrected chi connectivity index (χ2v) is 7.68. The molecule has 0 spiro atoms. The van der Waals surface area contributed by atoms with Gasteiger partial charge in [0.15, 0.2) is 11.5 Å². The Kier molecular flexibility index (Phi) is 4.20. The number of carbonyl (C=O) groups excluding carboxylic acids is 1. The Morgan fingerprint density at radius 2 is 1.86 bits per heavy atom. The van der Waals surface area contributed by atoms with Crippen molar-refractivity contribution in [2.45, 2.75) is 30.7 Å². The van der Waals surface area contributed by atoms with Gasteiger partial charge in [-0.05, 0) is 19.9 Å². The number of benzene rings is 1. The monoisotopic (exact) mass is 381 g/mol. The third kappa shape index (κ3) is 3.20. The molecule has 1 aromatic carbocycles. The highest BCUT2D eigenvalue weighted by Gasteiger charge is 2.37. The zero-order valence-electron chi connectivity index (χ0n) is 15.5. The van der Waals surface area contributed by atoms with Crippen LogP contribution in [0.3, 0.4) is 0 Å². The summed E-state index contributed by atoms with van der Waals surface area (Å²) in [6.45, 7) is 1.93. The lowest BCUT2D eigenvalue weighted by atomic mass is 9.80. The molecule has 3 heterocycles. The standard InChI is InChI=1S/C20H21N5O3.H2/c1-25-10-14(11-25)20-23-22-19(27-20)13-7-15(8-13)21-18(26)16-9-17(28-24-16)12-5-3-2-4-6-12;/h2-6,9,13-15H,7-8,10-11H2,1H3,(H,21,26);1H. The second kappa shape index (κ2) is 6.87. The van der Waals surface area contributed by atoms with Crippen molar-refractivity contribution in [2.75, 3.05) is 20.1 Å². The van der Waals surface area contributed by atoms with E-state index in [0.717, 1.165) is 37.4 Å². The fourth-order valence-corrected chi connectivity index (χ4v) is 3.75. The van der Waals surface area contributed by atoms with Gasteiger partial charge in [-0.25, -0.2) is 0 Å². The fourth-order valence-electron chi connectivity index (χ4n) is 3.75. The topological polar surface area (TPSA) is 97.3 Å². The summed E-state index contributed by atoms with van der Waals surface area (Å²) in [6, 6.07) is 11.3. The summed E-state index contributed by atoms with van der Waals surface area (Å²) in [6.07, 6.45) is 1.59. The molecule has 2 fully saturated rings. The Bertz CT molecular complexity index is 977. The maximum atomic E-state index is 12.4. The van der Waals surface area contributed by atoms with Gasteiger partial charge in [0.25, 0.3) is 5.91 Å². The van der Waals surface area contributed by atoms with Gasteiger partial charge in [-0.2, -0.15) is 0 Å². The van der Waals surface area contributed by atoms with Crippen molar-refractivity contribution in [3.05, 3.63) is 53.9 Å². The van der Waals surface area contributed by atoms with Crippen molar-refractivity contribution in [3.63, 3.8) is 0 Å². The zero-order chi connectivity index (χ0) is 19.1. The zero-order valence-corrected chi connectivity index (χ0v) is 15.5. The van der Waals surface area contributed by atoms with Gasteiger partial charge in [0.2, 0.25) is 11.8 Å². The first kappa shape index (κ1) is 17.1. The third-order valence-electron chi connectivity index (χ3n) is 5.49. The molecule has 0 atom stereocenters. The van der Waals surface area contributed by atoms with Crippen LogP contribution >= 0.6 is 0 Å². The van der Waals surface area contributed by atoms with E-state index in [0.29, 0.717) is 17.6 Å². The normalized spacial score (nSPS) is 22.5. The van der Waals surface area contributed by atoms with Crippen LogP contribution in [0, 0.1) is 0 Å². The van der Waals surface area contributed by atoms with Crippen LogP contribution < -0.4 is 5.32 Å². The number of hydrogen-bond donors (Lipinski definition) is 1. The molecule has 8 nitrogen and oxygen atoms in total. The van der Waals surface area contributed by atoms with Gasteiger partial charge in [0, 0.05) is 38.1 Å². The van der Waals surface area contributed by atoms with Crippen LogP contribution in [-0.4, -0.2) is 52.3 Å². The van der Waals surface area contributed by atoms with Gasteiger partial charge in [0.05, 0.1) is 5.92 Å². The van der Waals surface area contributed by atoms with Gasteiger partial charge in [-0.1, -0.05) is 35.5 Å². The highest BCUT2D eigenvalue weighted by atomic mass is 16.5. The summed E-state index contributed by atoms with van der Waals surface area (Å²) < 4.78 is 11.1. The Hall–Kier alpha value is -3.00. The highest BCUT2D eigenvalue weighted by molar-refractivity contribution is 5.93. The molecule has 1 N–H and O–H groups in total. The maximum absolute atomic E-state index is 12.4. The summed E-state index contributed by atoms with van der Waals surface area (Å²) in [7, 11) is 2.07. The van der Waals surface area contributed by atoms with Gasteiger partial charge >= 0.3 is 0 Å². The number of nitrogens with zero attached hydrogens (tertiary/aromatic N) is 4. The smallest absolute Gasteiger partial charge is 0.273 e. The predicted molar refractivity (Wildman–Crippen MR) is 102 cm³/mol. The van der Waals surface area contributed by atoms with Crippen LogP contribution in [0.4, 0.5) is 0 Å². The average molecular weight is 381 g/mol. The van der Waals surface area contributed by atoms with E-state index < -0.39 is 0 Å². The molecule has 1 saturated heterocycles. The molecule has 0 unspecified atom stereocenters. The van der Waals surface area contributed by atoms with Gasteiger partial charge in [-0.15, -0.1) is 10.2 Å². The van der Waals surface area contributed by atoms with Crippen LogP contribution in [0.1, 0.15) is 48.4 Å². The Morgan fingerprint density at radius 1 is 1.14 bits per heavy atom. The molecular formula is C20H23N5O3. The SMILES string of the molecule is CN1CC(c2nnc(C3CC(NC(=O)c4cc(-c5ccccc5)on4)C3)o2)C1.[HH]. The van der Waals surface area contributed by atoms with E-state index in [1.807, 2.05) is 30.3 Å². The van der Waals surface area contributed by atoms with Crippen molar-refractivity contribution >= 4 is 5.91 Å². The lowest BCUT2D eigenvalue weighted by molar-refractivity contribution is 0.0893. The molecule has 1 saturated carbocycles. The van der Waals surface area contributed by atoms with Crippen LogP contribution in [0.15, 0.2) is 45.3 Å². The van der Waals surface area contributed by atoms with Crippen LogP contribution in [0.25, 0.3) is 11.3 Å². The molecule has 3 aromatic rings. The van der Waals surface area contributed by atoms with E-state index in [-0.39, 0.29) is 25.0 Å². The minimum Gasteiger partial charge on any atom is -0.425 e. The molecule has 0 radical (unpaired) electrons. The van der Waals surface area contributed by atoms with Gasteiger partial charge in [-0.3, -0.25) is 4.79 Å². The second-order valence-electron chi connectivity index (χ2n) is 7.68. The summed E-state index contributed by atoms with van der Waals surface area (Å²) in [4.78, 5) is 14.6. The molecule has 146 valence electrons. The summed E-state index contributed by atoms with van der Waals surface area (Å²) >= 11 is 0. The highest BCUT2D eigenvalue weighted by Crippen LogP contribution is 2.37. The first-order chi connectivity index (χ1) is 13.7. The molecule has 2 aliphatic rings. The molecule has 8 heteroatoms. The van der Waals surface area contributed by atoms with Crippen LogP contribution in [0.5, 0.6) is 0 Å². The van der Waals surface area contributed by atoms with E-state index in [9.17, 15) is 4.79 Å². The molecule has 0 bridgehead atoms. The minimum atomic E-state index is -0.224. The molecule has 1 amide bonds. The van der Waals surface area contributed by atoms with Crippen molar-refractivity contribution in [1.29, 1.82) is 0 Å². The number of rotatable bonds is 5. The molecule has 28 heavy (non-hydrogen) atoms. The van der Waals surface area contributed by atoms with Crippen LogP contribution in [0.2, 0.25) is 0 Å². The number of nitrogens with one attached hydrogen (secondary N) is 1. The quantitative estimate of drug-likeness (QED) is 0.725. The summed E-state index contributed by atoms with van der Waals surface area (Å²) in [5.41, 5.74) is 1.18. The largest absolute Gasteiger partial charge is 0.425 e. The van der Waals surface area contributed by atoms with E-state index in [1.54, 1.807) is 6.07 Å². The molecule has 1 aliphatic heterocycles. The minimum absolute atomic E-state index is 0. The lowest BCUT2D eigenvalue weighted by Crippen LogP contribution is -2.43. The van der Waals surface area contributed by atoms with Crippen molar-refractivity contribution in [1.82, 2.24) is 25.6 Å².